The van der Waals surface area contributed by atoms with E-state index in [1.165, 1.54) is 12.4 Å². The smallest absolute Gasteiger partial charge is 0.271 e. The number of ether oxygens (including phenoxy) is 1. The van der Waals surface area contributed by atoms with E-state index in [1.807, 2.05) is 24.3 Å². The normalized spacial score (nSPS) is 9.76. The number of hydrogen-bond acceptors (Lipinski definition) is 5. The molecule has 1 aromatic heterocycles. The first kappa shape index (κ1) is 14.5. The van der Waals surface area contributed by atoms with E-state index in [9.17, 15) is 4.79 Å². The molecule has 0 saturated heterocycles. The number of carbonyl (C=O) groups is 1. The SMILES string of the molecule is C=CCNC(=O)c1cnc(Nc2cccc(OC)c2)cn1. The van der Waals surface area contributed by atoms with Crippen molar-refractivity contribution in [3.05, 3.63) is 55.0 Å². The van der Waals surface area contributed by atoms with Gasteiger partial charge >= 0.3 is 0 Å². The summed E-state index contributed by atoms with van der Waals surface area (Å²) < 4.78 is 5.14. The third-order valence-electron chi connectivity index (χ3n) is 2.63. The summed E-state index contributed by atoms with van der Waals surface area (Å²) in [4.78, 5) is 19.9. The molecule has 0 aliphatic heterocycles. The van der Waals surface area contributed by atoms with Crippen LogP contribution < -0.4 is 15.4 Å². The van der Waals surface area contributed by atoms with E-state index in [4.69, 9.17) is 4.74 Å². The number of nitrogens with zero attached hydrogens (tertiary/aromatic N) is 2. The summed E-state index contributed by atoms with van der Waals surface area (Å²) in [6.45, 7) is 3.92. The minimum absolute atomic E-state index is 0.257. The van der Waals surface area contributed by atoms with Gasteiger partial charge in [0.25, 0.3) is 5.91 Å². The lowest BCUT2D eigenvalue weighted by Crippen LogP contribution is -2.24. The lowest BCUT2D eigenvalue weighted by atomic mass is 10.3. The molecule has 2 aromatic rings. The highest BCUT2D eigenvalue weighted by atomic mass is 16.5. The molecule has 0 saturated carbocycles. The zero-order chi connectivity index (χ0) is 15.1. The van der Waals surface area contributed by atoms with Crippen LogP contribution in [0.4, 0.5) is 11.5 Å². The van der Waals surface area contributed by atoms with Crippen molar-refractivity contribution in [2.24, 2.45) is 0 Å². The van der Waals surface area contributed by atoms with Crippen molar-refractivity contribution >= 4 is 17.4 Å². The van der Waals surface area contributed by atoms with Gasteiger partial charge in [-0.25, -0.2) is 9.97 Å². The van der Waals surface area contributed by atoms with Gasteiger partial charge in [0.1, 0.15) is 17.3 Å². The Hall–Kier alpha value is -2.89. The second kappa shape index (κ2) is 7.04. The lowest BCUT2D eigenvalue weighted by molar-refractivity contribution is 0.0952. The molecule has 0 radical (unpaired) electrons. The summed E-state index contributed by atoms with van der Waals surface area (Å²) in [5.41, 5.74) is 1.08. The maximum absolute atomic E-state index is 11.7. The molecule has 2 rings (SSSR count). The first-order valence-electron chi connectivity index (χ1n) is 6.35. The molecule has 0 bridgehead atoms. The van der Waals surface area contributed by atoms with Gasteiger partial charge in [0, 0.05) is 18.3 Å². The van der Waals surface area contributed by atoms with Gasteiger partial charge in [-0.3, -0.25) is 4.79 Å². The van der Waals surface area contributed by atoms with Crippen LogP contribution in [0, 0.1) is 0 Å². The van der Waals surface area contributed by atoms with Crippen LogP contribution in [-0.2, 0) is 0 Å². The molecule has 2 N–H and O–H groups in total. The molecular weight excluding hydrogens is 268 g/mol. The molecule has 0 unspecified atom stereocenters. The zero-order valence-corrected chi connectivity index (χ0v) is 11.7. The molecule has 0 fully saturated rings. The molecule has 1 amide bonds. The van der Waals surface area contributed by atoms with E-state index in [0.717, 1.165) is 11.4 Å². The number of hydrogen-bond donors (Lipinski definition) is 2. The number of aromatic nitrogens is 2. The van der Waals surface area contributed by atoms with Crippen LogP contribution in [0.1, 0.15) is 10.5 Å². The van der Waals surface area contributed by atoms with Gasteiger partial charge in [-0.15, -0.1) is 6.58 Å². The minimum atomic E-state index is -0.282. The van der Waals surface area contributed by atoms with E-state index in [0.29, 0.717) is 12.4 Å². The van der Waals surface area contributed by atoms with Crippen LogP contribution in [0.25, 0.3) is 0 Å². The number of benzene rings is 1. The van der Waals surface area contributed by atoms with E-state index < -0.39 is 0 Å². The van der Waals surface area contributed by atoms with Crippen LogP contribution in [0.3, 0.4) is 0 Å². The Morgan fingerprint density at radius 1 is 1.38 bits per heavy atom. The largest absolute Gasteiger partial charge is 0.497 e. The van der Waals surface area contributed by atoms with E-state index in [2.05, 4.69) is 27.2 Å². The maximum atomic E-state index is 11.7. The molecule has 0 aliphatic carbocycles. The average Bonchev–Trinajstić information content (AvgIpc) is 2.53. The highest BCUT2D eigenvalue weighted by Gasteiger charge is 2.06. The van der Waals surface area contributed by atoms with E-state index in [1.54, 1.807) is 13.2 Å². The topological polar surface area (TPSA) is 76.1 Å². The zero-order valence-electron chi connectivity index (χ0n) is 11.7. The minimum Gasteiger partial charge on any atom is -0.497 e. The molecule has 0 spiro atoms. The van der Waals surface area contributed by atoms with Gasteiger partial charge < -0.3 is 15.4 Å². The highest BCUT2D eigenvalue weighted by molar-refractivity contribution is 5.92. The first-order chi connectivity index (χ1) is 10.2. The van der Waals surface area contributed by atoms with Crippen molar-refractivity contribution in [3.63, 3.8) is 0 Å². The summed E-state index contributed by atoms with van der Waals surface area (Å²) in [6.07, 6.45) is 4.52. The average molecular weight is 284 g/mol. The maximum Gasteiger partial charge on any atom is 0.271 e. The van der Waals surface area contributed by atoms with Crippen LogP contribution in [-0.4, -0.2) is 29.5 Å². The van der Waals surface area contributed by atoms with Crippen molar-refractivity contribution in [2.45, 2.75) is 0 Å². The molecular formula is C15H16N4O2. The Kier molecular flexibility index (Phi) is 4.87. The molecule has 1 heterocycles. The van der Waals surface area contributed by atoms with Crippen LogP contribution >= 0.6 is 0 Å². The Bertz CT molecular complexity index is 626. The first-order valence-corrected chi connectivity index (χ1v) is 6.35. The number of anilines is 2. The molecule has 6 nitrogen and oxygen atoms in total. The van der Waals surface area contributed by atoms with Gasteiger partial charge in [-0.1, -0.05) is 12.1 Å². The van der Waals surface area contributed by atoms with E-state index in [-0.39, 0.29) is 11.6 Å². The van der Waals surface area contributed by atoms with Gasteiger partial charge in [0.05, 0.1) is 19.5 Å². The summed E-state index contributed by atoms with van der Waals surface area (Å²) in [7, 11) is 1.61. The summed E-state index contributed by atoms with van der Waals surface area (Å²) >= 11 is 0. The van der Waals surface area contributed by atoms with Crippen LogP contribution in [0.15, 0.2) is 49.3 Å². The molecule has 1 aromatic carbocycles. The molecule has 6 heteroatoms. The third kappa shape index (κ3) is 4.04. The van der Waals surface area contributed by atoms with Crippen molar-refractivity contribution in [3.8, 4) is 5.75 Å². The Balaban J connectivity index is 2.04. The number of carbonyl (C=O) groups excluding carboxylic acids is 1. The monoisotopic (exact) mass is 284 g/mol. The predicted molar refractivity (Wildman–Crippen MR) is 80.8 cm³/mol. The lowest BCUT2D eigenvalue weighted by Gasteiger charge is -2.07. The van der Waals surface area contributed by atoms with Crippen molar-refractivity contribution in [2.75, 3.05) is 19.0 Å². The number of nitrogens with one attached hydrogen (secondary N) is 2. The standard InChI is InChI=1S/C15H16N4O2/c1-3-7-16-15(20)13-9-18-14(10-17-13)19-11-5-4-6-12(8-11)21-2/h3-6,8-10H,1,7H2,2H3,(H,16,20)(H,18,19). The second-order valence-electron chi connectivity index (χ2n) is 4.14. The van der Waals surface area contributed by atoms with Crippen LogP contribution in [0.2, 0.25) is 0 Å². The molecule has 108 valence electrons. The molecule has 21 heavy (non-hydrogen) atoms. The van der Waals surface area contributed by atoms with Gasteiger partial charge in [-0.05, 0) is 12.1 Å². The molecule has 0 aliphatic rings. The Morgan fingerprint density at radius 3 is 2.90 bits per heavy atom. The fourth-order valence-electron chi connectivity index (χ4n) is 1.61. The third-order valence-corrected chi connectivity index (χ3v) is 2.63. The summed E-state index contributed by atoms with van der Waals surface area (Å²) in [6, 6.07) is 7.44. The van der Waals surface area contributed by atoms with Gasteiger partial charge in [0.2, 0.25) is 0 Å². The molecule has 0 atom stereocenters. The fourth-order valence-corrected chi connectivity index (χ4v) is 1.61. The fraction of sp³-hybridized carbons (Fsp3) is 0.133. The second-order valence-corrected chi connectivity index (χ2v) is 4.14. The Morgan fingerprint density at radius 2 is 2.24 bits per heavy atom. The number of methoxy groups -OCH3 is 1. The van der Waals surface area contributed by atoms with Crippen molar-refractivity contribution in [1.82, 2.24) is 15.3 Å². The van der Waals surface area contributed by atoms with E-state index >= 15 is 0 Å². The summed E-state index contributed by atoms with van der Waals surface area (Å²) in [5.74, 6) is 1.01. The quantitative estimate of drug-likeness (QED) is 0.795. The van der Waals surface area contributed by atoms with Crippen molar-refractivity contribution in [1.29, 1.82) is 0 Å². The Labute approximate surface area is 122 Å². The van der Waals surface area contributed by atoms with Gasteiger partial charge in [0.15, 0.2) is 0 Å². The summed E-state index contributed by atoms with van der Waals surface area (Å²) in [5, 5.41) is 5.72. The highest BCUT2D eigenvalue weighted by Crippen LogP contribution is 2.19. The number of amides is 1. The van der Waals surface area contributed by atoms with Crippen molar-refractivity contribution < 1.29 is 9.53 Å². The predicted octanol–water partition coefficient (Wildman–Crippen LogP) is 2.14. The van der Waals surface area contributed by atoms with Crippen LogP contribution in [0.5, 0.6) is 5.75 Å². The van der Waals surface area contributed by atoms with Gasteiger partial charge in [-0.2, -0.15) is 0 Å². The number of rotatable bonds is 6.